The first-order chi connectivity index (χ1) is 9.58. The maximum atomic E-state index is 11.3. The lowest BCUT2D eigenvalue weighted by Gasteiger charge is -2.04. The summed E-state index contributed by atoms with van der Waals surface area (Å²) in [4.78, 5) is 21.1. The van der Waals surface area contributed by atoms with Gasteiger partial charge in [0.1, 0.15) is 0 Å². The van der Waals surface area contributed by atoms with Gasteiger partial charge in [-0.05, 0) is 29.0 Å². The lowest BCUT2D eigenvalue weighted by Crippen LogP contribution is -1.93. The molecule has 0 aliphatic carbocycles. The third-order valence-electron chi connectivity index (χ3n) is 3.21. The SMILES string of the molecule is O=[N+]([O-])c1ccc2cc3ccccc3c([N+](=O)[O-])c2c1. The van der Waals surface area contributed by atoms with Crippen molar-refractivity contribution in [2.75, 3.05) is 0 Å². The molecule has 3 aromatic rings. The van der Waals surface area contributed by atoms with Crippen LogP contribution in [0.1, 0.15) is 0 Å². The van der Waals surface area contributed by atoms with E-state index in [1.54, 1.807) is 30.3 Å². The Morgan fingerprint density at radius 1 is 0.750 bits per heavy atom. The Bertz CT molecular complexity index is 874. The van der Waals surface area contributed by atoms with Gasteiger partial charge in [0.25, 0.3) is 11.4 Å². The van der Waals surface area contributed by atoms with Crippen LogP contribution in [0, 0.1) is 20.2 Å². The number of non-ortho nitro benzene ring substituents is 2. The summed E-state index contributed by atoms with van der Waals surface area (Å²) in [6.07, 6.45) is 0. The van der Waals surface area contributed by atoms with Gasteiger partial charge in [0.15, 0.2) is 0 Å². The predicted molar refractivity (Wildman–Crippen MR) is 74.8 cm³/mol. The topological polar surface area (TPSA) is 86.3 Å². The van der Waals surface area contributed by atoms with E-state index in [0.717, 1.165) is 5.39 Å². The van der Waals surface area contributed by atoms with Crippen molar-refractivity contribution in [1.82, 2.24) is 0 Å². The first-order valence-corrected chi connectivity index (χ1v) is 5.82. The minimum atomic E-state index is -0.557. The highest BCUT2D eigenvalue weighted by molar-refractivity contribution is 6.08. The fraction of sp³-hybridized carbons (Fsp3) is 0. The Morgan fingerprint density at radius 2 is 1.45 bits per heavy atom. The molecule has 0 heterocycles. The number of nitrogens with zero attached hydrogens (tertiary/aromatic N) is 2. The highest BCUT2D eigenvalue weighted by Crippen LogP contribution is 2.36. The number of fused-ring (bicyclic) bond motifs is 2. The van der Waals surface area contributed by atoms with E-state index in [4.69, 9.17) is 0 Å². The van der Waals surface area contributed by atoms with Crippen LogP contribution >= 0.6 is 0 Å². The minimum Gasteiger partial charge on any atom is -0.258 e. The lowest BCUT2D eigenvalue weighted by molar-refractivity contribution is -0.385. The maximum absolute atomic E-state index is 11.3. The lowest BCUT2D eigenvalue weighted by atomic mass is 10.0. The zero-order chi connectivity index (χ0) is 14.3. The van der Waals surface area contributed by atoms with Crippen LogP contribution in [-0.2, 0) is 0 Å². The van der Waals surface area contributed by atoms with Crippen LogP contribution < -0.4 is 0 Å². The molecule has 0 spiro atoms. The number of nitro benzene ring substituents is 2. The molecule has 0 fully saturated rings. The van der Waals surface area contributed by atoms with Crippen molar-refractivity contribution in [1.29, 1.82) is 0 Å². The summed E-state index contributed by atoms with van der Waals surface area (Å²) < 4.78 is 0. The Kier molecular flexibility index (Phi) is 2.57. The van der Waals surface area contributed by atoms with E-state index in [1.807, 2.05) is 0 Å². The van der Waals surface area contributed by atoms with Gasteiger partial charge >= 0.3 is 0 Å². The molecule has 6 nitrogen and oxygen atoms in total. The summed E-state index contributed by atoms with van der Waals surface area (Å²) >= 11 is 0. The molecule has 0 saturated carbocycles. The molecule has 6 heteroatoms. The molecule has 3 aromatic carbocycles. The highest BCUT2D eigenvalue weighted by Gasteiger charge is 2.19. The molecule has 98 valence electrons. The van der Waals surface area contributed by atoms with Crippen molar-refractivity contribution in [3.63, 3.8) is 0 Å². The van der Waals surface area contributed by atoms with Gasteiger partial charge < -0.3 is 0 Å². The molecule has 0 amide bonds. The van der Waals surface area contributed by atoms with E-state index < -0.39 is 9.85 Å². The first kappa shape index (κ1) is 12.0. The van der Waals surface area contributed by atoms with E-state index in [1.165, 1.54) is 18.2 Å². The highest BCUT2D eigenvalue weighted by atomic mass is 16.6. The van der Waals surface area contributed by atoms with E-state index >= 15 is 0 Å². The van der Waals surface area contributed by atoms with Crippen LogP contribution in [0.3, 0.4) is 0 Å². The molecule has 0 aliphatic rings. The third-order valence-corrected chi connectivity index (χ3v) is 3.21. The fourth-order valence-electron chi connectivity index (χ4n) is 2.34. The number of hydrogen-bond donors (Lipinski definition) is 0. The molecular weight excluding hydrogens is 260 g/mol. The second-order valence-electron chi connectivity index (χ2n) is 4.37. The quantitative estimate of drug-likeness (QED) is 0.401. The minimum absolute atomic E-state index is 0.0956. The molecule has 3 rings (SSSR count). The zero-order valence-corrected chi connectivity index (χ0v) is 10.1. The Labute approximate surface area is 112 Å². The van der Waals surface area contributed by atoms with Crippen molar-refractivity contribution in [3.8, 4) is 0 Å². The monoisotopic (exact) mass is 268 g/mol. The second kappa shape index (κ2) is 4.27. The molecular formula is C14H8N2O4. The summed E-state index contributed by atoms with van der Waals surface area (Å²) in [5, 5.41) is 24.3. The van der Waals surface area contributed by atoms with Crippen molar-refractivity contribution in [2.24, 2.45) is 0 Å². The van der Waals surface area contributed by atoms with Gasteiger partial charge in [-0.15, -0.1) is 0 Å². The average Bonchev–Trinajstić information content (AvgIpc) is 2.43. The molecule has 0 N–H and O–H groups in total. The Balaban J connectivity index is 2.52. The van der Waals surface area contributed by atoms with Crippen LogP contribution in [0.4, 0.5) is 11.4 Å². The molecule has 0 saturated heterocycles. The van der Waals surface area contributed by atoms with Crippen LogP contribution in [-0.4, -0.2) is 9.85 Å². The van der Waals surface area contributed by atoms with E-state index in [9.17, 15) is 20.2 Å². The van der Waals surface area contributed by atoms with E-state index in [-0.39, 0.29) is 16.8 Å². The standard InChI is InChI=1S/C14H8N2O4/c17-15(18)11-6-5-10-7-9-3-1-2-4-12(9)14(16(19)20)13(10)8-11/h1-8H. The predicted octanol–water partition coefficient (Wildman–Crippen LogP) is 3.81. The van der Waals surface area contributed by atoms with Crippen LogP contribution in [0.25, 0.3) is 21.5 Å². The summed E-state index contributed by atoms with van der Waals surface area (Å²) in [7, 11) is 0. The van der Waals surface area contributed by atoms with Crippen LogP contribution in [0.2, 0.25) is 0 Å². The molecule has 0 aliphatic heterocycles. The number of benzene rings is 3. The van der Waals surface area contributed by atoms with Gasteiger partial charge in [-0.3, -0.25) is 20.2 Å². The third kappa shape index (κ3) is 1.74. The number of hydrogen-bond acceptors (Lipinski definition) is 4. The Hall–Kier alpha value is -3.02. The molecule has 0 bridgehead atoms. The van der Waals surface area contributed by atoms with Gasteiger partial charge in [-0.25, -0.2) is 0 Å². The summed E-state index contributed by atoms with van der Waals surface area (Å²) in [5.74, 6) is 0. The van der Waals surface area contributed by atoms with Crippen molar-refractivity contribution >= 4 is 32.9 Å². The number of nitro groups is 2. The summed E-state index contributed by atoms with van der Waals surface area (Å²) in [5.41, 5.74) is -0.252. The van der Waals surface area contributed by atoms with Crippen molar-refractivity contribution in [3.05, 3.63) is 68.8 Å². The normalized spacial score (nSPS) is 10.8. The van der Waals surface area contributed by atoms with Crippen molar-refractivity contribution < 1.29 is 9.85 Å². The largest absolute Gasteiger partial charge is 0.285 e. The summed E-state index contributed by atoms with van der Waals surface area (Å²) in [6, 6.07) is 12.9. The zero-order valence-electron chi connectivity index (χ0n) is 10.1. The van der Waals surface area contributed by atoms with E-state index in [2.05, 4.69) is 0 Å². The van der Waals surface area contributed by atoms with E-state index in [0.29, 0.717) is 10.8 Å². The van der Waals surface area contributed by atoms with Gasteiger partial charge in [0.05, 0.1) is 20.6 Å². The smallest absolute Gasteiger partial charge is 0.258 e. The molecule has 20 heavy (non-hydrogen) atoms. The molecule has 0 unspecified atom stereocenters. The second-order valence-corrected chi connectivity index (χ2v) is 4.37. The average molecular weight is 268 g/mol. The fourth-order valence-corrected chi connectivity index (χ4v) is 2.34. The summed E-state index contributed by atoms with van der Waals surface area (Å²) in [6.45, 7) is 0. The Morgan fingerprint density at radius 3 is 2.15 bits per heavy atom. The van der Waals surface area contributed by atoms with Gasteiger partial charge in [-0.2, -0.15) is 0 Å². The molecule has 0 aromatic heterocycles. The van der Waals surface area contributed by atoms with Crippen molar-refractivity contribution in [2.45, 2.75) is 0 Å². The number of rotatable bonds is 2. The molecule has 0 radical (unpaired) electrons. The van der Waals surface area contributed by atoms with Gasteiger partial charge in [-0.1, -0.05) is 18.2 Å². The van der Waals surface area contributed by atoms with Crippen LogP contribution in [0.5, 0.6) is 0 Å². The van der Waals surface area contributed by atoms with Gasteiger partial charge in [0, 0.05) is 12.1 Å². The molecule has 0 atom stereocenters. The van der Waals surface area contributed by atoms with Gasteiger partial charge in [0.2, 0.25) is 0 Å². The van der Waals surface area contributed by atoms with Crippen LogP contribution in [0.15, 0.2) is 48.5 Å². The maximum Gasteiger partial charge on any atom is 0.285 e. The first-order valence-electron chi connectivity index (χ1n) is 5.82.